The van der Waals surface area contributed by atoms with Crippen LogP contribution in [-0.2, 0) is 6.54 Å². The molecule has 4 rings (SSSR count). The average molecular weight is 368 g/mol. The van der Waals surface area contributed by atoms with E-state index < -0.39 is 0 Å². The average Bonchev–Trinajstić information content (AvgIpc) is 3.41. The summed E-state index contributed by atoms with van der Waals surface area (Å²) in [6, 6.07) is 7.80. The second kappa shape index (κ2) is 7.29. The summed E-state index contributed by atoms with van der Waals surface area (Å²) in [6.07, 6.45) is 2.15. The SMILES string of the molecule is Cc1cccc(NCc2nc(-c3ccsc3)no2)c1C(=O)N1CCCC1. The van der Waals surface area contributed by atoms with Crippen molar-refractivity contribution in [2.75, 3.05) is 18.4 Å². The number of rotatable bonds is 5. The van der Waals surface area contributed by atoms with E-state index in [1.165, 1.54) is 0 Å². The van der Waals surface area contributed by atoms with Crippen molar-refractivity contribution in [2.45, 2.75) is 26.3 Å². The molecule has 2 aromatic heterocycles. The van der Waals surface area contributed by atoms with Crippen molar-refractivity contribution < 1.29 is 9.32 Å². The fraction of sp³-hybridized carbons (Fsp3) is 0.316. The van der Waals surface area contributed by atoms with Crippen LogP contribution in [0.4, 0.5) is 5.69 Å². The molecule has 0 bridgehead atoms. The van der Waals surface area contributed by atoms with Gasteiger partial charge in [0.15, 0.2) is 0 Å². The lowest BCUT2D eigenvalue weighted by molar-refractivity contribution is 0.0793. The first-order valence-electron chi connectivity index (χ1n) is 8.70. The van der Waals surface area contributed by atoms with Gasteiger partial charge in [0.25, 0.3) is 5.91 Å². The fourth-order valence-corrected chi connectivity index (χ4v) is 3.82. The molecule has 0 saturated carbocycles. The van der Waals surface area contributed by atoms with Gasteiger partial charge in [-0.2, -0.15) is 16.3 Å². The number of carbonyl (C=O) groups is 1. The largest absolute Gasteiger partial charge is 0.375 e. The minimum atomic E-state index is 0.0904. The van der Waals surface area contributed by atoms with E-state index in [9.17, 15) is 4.79 Å². The Kier molecular flexibility index (Phi) is 4.71. The third kappa shape index (κ3) is 3.35. The molecule has 7 heteroatoms. The van der Waals surface area contributed by atoms with Gasteiger partial charge in [0, 0.05) is 29.7 Å². The number of hydrogen-bond donors (Lipinski definition) is 1. The predicted octanol–water partition coefficient (Wildman–Crippen LogP) is 3.95. The lowest BCUT2D eigenvalue weighted by Crippen LogP contribution is -2.29. The third-order valence-corrected chi connectivity index (χ3v) is 5.24. The first-order valence-corrected chi connectivity index (χ1v) is 9.64. The Morgan fingerprint density at radius 2 is 2.15 bits per heavy atom. The number of benzene rings is 1. The lowest BCUT2D eigenvalue weighted by atomic mass is 10.0. The van der Waals surface area contributed by atoms with Crippen LogP contribution in [-0.4, -0.2) is 34.0 Å². The van der Waals surface area contributed by atoms with Gasteiger partial charge in [-0.25, -0.2) is 0 Å². The molecular formula is C19H20N4O2S. The maximum absolute atomic E-state index is 12.9. The van der Waals surface area contributed by atoms with Crippen molar-refractivity contribution in [3.8, 4) is 11.4 Å². The summed E-state index contributed by atoms with van der Waals surface area (Å²) in [6.45, 7) is 4.01. The van der Waals surface area contributed by atoms with Gasteiger partial charge >= 0.3 is 0 Å². The number of thiophene rings is 1. The zero-order chi connectivity index (χ0) is 17.9. The summed E-state index contributed by atoms with van der Waals surface area (Å²) in [7, 11) is 0. The second-order valence-corrected chi connectivity index (χ2v) is 7.15. The number of amides is 1. The van der Waals surface area contributed by atoms with Crippen LogP contribution in [0.15, 0.2) is 39.5 Å². The van der Waals surface area contributed by atoms with E-state index in [-0.39, 0.29) is 5.91 Å². The molecule has 1 N–H and O–H groups in total. The molecule has 1 saturated heterocycles. The van der Waals surface area contributed by atoms with E-state index >= 15 is 0 Å². The van der Waals surface area contributed by atoms with Crippen molar-refractivity contribution in [1.29, 1.82) is 0 Å². The highest BCUT2D eigenvalue weighted by atomic mass is 32.1. The van der Waals surface area contributed by atoms with E-state index in [0.29, 0.717) is 18.3 Å². The summed E-state index contributed by atoms with van der Waals surface area (Å²) in [4.78, 5) is 19.2. The van der Waals surface area contributed by atoms with Gasteiger partial charge in [0.2, 0.25) is 11.7 Å². The minimum absolute atomic E-state index is 0.0904. The normalized spacial score (nSPS) is 14.0. The Balaban J connectivity index is 1.51. The summed E-state index contributed by atoms with van der Waals surface area (Å²) in [5.74, 6) is 1.17. The van der Waals surface area contributed by atoms with Crippen LogP contribution >= 0.6 is 11.3 Å². The predicted molar refractivity (Wildman–Crippen MR) is 101 cm³/mol. The van der Waals surface area contributed by atoms with Gasteiger partial charge in [-0.3, -0.25) is 4.79 Å². The molecule has 1 fully saturated rings. The number of nitrogens with zero attached hydrogens (tertiary/aromatic N) is 3. The van der Waals surface area contributed by atoms with E-state index in [1.54, 1.807) is 11.3 Å². The zero-order valence-electron chi connectivity index (χ0n) is 14.6. The Morgan fingerprint density at radius 1 is 1.31 bits per heavy atom. The molecule has 1 aliphatic rings. The number of likely N-dealkylation sites (tertiary alicyclic amines) is 1. The molecule has 1 amide bonds. The van der Waals surface area contributed by atoms with Crippen molar-refractivity contribution in [3.63, 3.8) is 0 Å². The number of aryl methyl sites for hydroxylation is 1. The van der Waals surface area contributed by atoms with E-state index in [1.807, 2.05) is 46.8 Å². The van der Waals surface area contributed by atoms with Crippen molar-refractivity contribution in [3.05, 3.63) is 52.0 Å². The van der Waals surface area contributed by atoms with E-state index in [4.69, 9.17) is 4.52 Å². The van der Waals surface area contributed by atoms with Crippen LogP contribution in [0.25, 0.3) is 11.4 Å². The maximum Gasteiger partial charge on any atom is 0.256 e. The zero-order valence-corrected chi connectivity index (χ0v) is 15.4. The third-order valence-electron chi connectivity index (χ3n) is 4.56. The van der Waals surface area contributed by atoms with Gasteiger partial charge in [-0.15, -0.1) is 0 Å². The van der Waals surface area contributed by atoms with Gasteiger partial charge in [0.1, 0.15) is 0 Å². The highest BCUT2D eigenvalue weighted by molar-refractivity contribution is 7.08. The molecule has 0 spiro atoms. The molecule has 1 aliphatic heterocycles. The van der Waals surface area contributed by atoms with Gasteiger partial charge in [0.05, 0.1) is 12.1 Å². The molecule has 26 heavy (non-hydrogen) atoms. The molecule has 1 aromatic carbocycles. The summed E-state index contributed by atoms with van der Waals surface area (Å²) < 4.78 is 5.33. The van der Waals surface area contributed by atoms with Crippen LogP contribution in [0.1, 0.15) is 34.7 Å². The molecular weight excluding hydrogens is 348 g/mol. The highest BCUT2D eigenvalue weighted by Crippen LogP contribution is 2.24. The molecule has 3 heterocycles. The Morgan fingerprint density at radius 3 is 2.92 bits per heavy atom. The molecule has 0 radical (unpaired) electrons. The van der Waals surface area contributed by atoms with Crippen LogP contribution in [0.2, 0.25) is 0 Å². The molecule has 6 nitrogen and oxygen atoms in total. The highest BCUT2D eigenvalue weighted by Gasteiger charge is 2.23. The molecule has 0 unspecified atom stereocenters. The fourth-order valence-electron chi connectivity index (χ4n) is 3.18. The van der Waals surface area contributed by atoms with Gasteiger partial charge in [-0.1, -0.05) is 17.3 Å². The van der Waals surface area contributed by atoms with Crippen LogP contribution in [0.5, 0.6) is 0 Å². The quantitative estimate of drug-likeness (QED) is 0.738. The molecule has 3 aromatic rings. The number of aromatic nitrogens is 2. The molecule has 134 valence electrons. The number of anilines is 1. The Bertz CT molecular complexity index is 898. The standard InChI is InChI=1S/C19H20N4O2S/c1-13-5-4-6-15(17(13)19(24)23-8-2-3-9-23)20-11-16-21-18(22-25-16)14-7-10-26-12-14/h4-7,10,12,20H,2-3,8-9,11H2,1H3. The monoisotopic (exact) mass is 368 g/mol. The van der Waals surface area contributed by atoms with Gasteiger partial charge < -0.3 is 14.7 Å². The first kappa shape index (κ1) is 16.8. The summed E-state index contributed by atoms with van der Waals surface area (Å²) in [5.41, 5.74) is 3.45. The second-order valence-electron chi connectivity index (χ2n) is 6.37. The number of carbonyl (C=O) groups excluding carboxylic acids is 1. The molecule has 0 aliphatic carbocycles. The van der Waals surface area contributed by atoms with Crippen molar-refractivity contribution in [1.82, 2.24) is 15.0 Å². The first-order chi connectivity index (χ1) is 12.7. The summed E-state index contributed by atoms with van der Waals surface area (Å²) in [5, 5.41) is 11.3. The number of hydrogen-bond acceptors (Lipinski definition) is 6. The van der Waals surface area contributed by atoms with Crippen LogP contribution in [0.3, 0.4) is 0 Å². The maximum atomic E-state index is 12.9. The van der Waals surface area contributed by atoms with Crippen LogP contribution in [0, 0.1) is 6.92 Å². The Labute approximate surface area is 155 Å². The Hall–Kier alpha value is -2.67. The minimum Gasteiger partial charge on any atom is -0.375 e. The lowest BCUT2D eigenvalue weighted by Gasteiger charge is -2.19. The topological polar surface area (TPSA) is 71.3 Å². The summed E-state index contributed by atoms with van der Waals surface area (Å²) >= 11 is 1.59. The smallest absolute Gasteiger partial charge is 0.256 e. The van der Waals surface area contributed by atoms with E-state index in [0.717, 1.165) is 48.3 Å². The van der Waals surface area contributed by atoms with Crippen LogP contribution < -0.4 is 5.32 Å². The molecule has 0 atom stereocenters. The van der Waals surface area contributed by atoms with Gasteiger partial charge in [-0.05, 0) is 42.8 Å². The van der Waals surface area contributed by atoms with Crippen molar-refractivity contribution in [2.24, 2.45) is 0 Å². The number of nitrogens with one attached hydrogen (secondary N) is 1. The van der Waals surface area contributed by atoms with E-state index in [2.05, 4.69) is 15.5 Å². The van der Waals surface area contributed by atoms with Crippen molar-refractivity contribution >= 4 is 22.9 Å².